The predicted octanol–water partition coefficient (Wildman–Crippen LogP) is 6.67. The van der Waals surface area contributed by atoms with E-state index in [4.69, 9.17) is 33.3 Å². The summed E-state index contributed by atoms with van der Waals surface area (Å²) in [6.07, 6.45) is 2.45. The second-order valence-corrected chi connectivity index (χ2v) is 10.7. The van der Waals surface area contributed by atoms with Crippen LogP contribution in [0.4, 0.5) is 0 Å². The Kier molecular flexibility index (Phi) is 9.26. The molecule has 37 heavy (non-hydrogen) atoms. The largest absolute Gasteiger partial charge is 0.490 e. The highest BCUT2D eigenvalue weighted by Gasteiger charge is 2.34. The third-order valence-electron chi connectivity index (χ3n) is 5.23. The van der Waals surface area contributed by atoms with Gasteiger partial charge in [-0.25, -0.2) is 0 Å². The second kappa shape index (κ2) is 12.6. The topological polar surface area (TPSA) is 67.9 Å². The Morgan fingerprint density at radius 2 is 1.86 bits per heavy atom. The van der Waals surface area contributed by atoms with Crippen molar-refractivity contribution in [2.24, 2.45) is 0 Å². The number of benzene rings is 3. The molecule has 1 aliphatic rings. The summed E-state index contributed by atoms with van der Waals surface area (Å²) in [5, 5.41) is 1.33. The van der Waals surface area contributed by atoms with E-state index in [-0.39, 0.29) is 14.9 Å². The number of thioether (sulfide) groups is 1. The zero-order chi connectivity index (χ0) is 26.4. The van der Waals surface area contributed by atoms with Crippen molar-refractivity contribution < 1.29 is 19.1 Å². The number of carbonyl (C=O) groups is 2. The number of hydrazine groups is 1. The van der Waals surface area contributed by atoms with Crippen LogP contribution in [-0.2, 0) is 11.2 Å². The summed E-state index contributed by atoms with van der Waals surface area (Å²) in [5.74, 6) is 0.183. The van der Waals surface area contributed by atoms with E-state index < -0.39 is 11.8 Å². The van der Waals surface area contributed by atoms with Gasteiger partial charge in [-0.15, -0.1) is 0 Å². The zero-order valence-corrected chi connectivity index (χ0v) is 23.7. The number of nitrogens with one attached hydrogen (secondary N) is 1. The smallest absolute Gasteiger partial charge is 0.285 e. The van der Waals surface area contributed by atoms with Crippen LogP contribution in [0.15, 0.2) is 76.1 Å². The van der Waals surface area contributed by atoms with Crippen molar-refractivity contribution in [3.05, 3.63) is 97.8 Å². The first-order valence-corrected chi connectivity index (χ1v) is 13.7. The highest BCUT2D eigenvalue weighted by Crippen LogP contribution is 2.39. The minimum absolute atomic E-state index is 0.210. The van der Waals surface area contributed by atoms with Crippen molar-refractivity contribution in [1.29, 1.82) is 0 Å². The molecule has 6 nitrogen and oxygen atoms in total. The van der Waals surface area contributed by atoms with Gasteiger partial charge in [0.2, 0.25) is 0 Å². The molecule has 4 rings (SSSR count). The van der Waals surface area contributed by atoms with E-state index in [9.17, 15) is 9.59 Å². The number of hydrogen-bond acceptors (Lipinski definition) is 6. The molecule has 0 unspecified atom stereocenters. The molecule has 0 bridgehead atoms. The number of amides is 2. The molecular formula is C27H22BrClN2O4S2. The number of thiocarbonyl (C=S) groups is 1. The highest BCUT2D eigenvalue weighted by molar-refractivity contribution is 9.10. The molecule has 0 aliphatic carbocycles. The van der Waals surface area contributed by atoms with Crippen LogP contribution in [0.25, 0.3) is 6.08 Å². The van der Waals surface area contributed by atoms with Gasteiger partial charge in [0.1, 0.15) is 0 Å². The van der Waals surface area contributed by atoms with Gasteiger partial charge in [-0.05, 0) is 76.5 Å². The fraction of sp³-hybridized carbons (Fsp3) is 0.148. The number of rotatable bonds is 9. The van der Waals surface area contributed by atoms with Gasteiger partial charge in [-0.1, -0.05) is 65.8 Å². The fourth-order valence-electron chi connectivity index (χ4n) is 3.51. The van der Waals surface area contributed by atoms with Crippen LogP contribution >= 0.6 is 51.5 Å². The molecular weight excluding hydrogens is 596 g/mol. The van der Waals surface area contributed by atoms with Crippen LogP contribution in [0, 0.1) is 0 Å². The van der Waals surface area contributed by atoms with E-state index in [2.05, 4.69) is 33.5 Å². The zero-order valence-electron chi connectivity index (χ0n) is 19.7. The molecule has 3 aromatic rings. The van der Waals surface area contributed by atoms with Gasteiger partial charge >= 0.3 is 0 Å². The van der Waals surface area contributed by atoms with Crippen molar-refractivity contribution in [3.8, 4) is 11.5 Å². The summed E-state index contributed by atoms with van der Waals surface area (Å²) in [4.78, 5) is 26.0. The number of hydrogen-bond donors (Lipinski definition) is 1. The third-order valence-corrected chi connectivity index (χ3v) is 7.46. The quantitative estimate of drug-likeness (QED) is 0.214. The summed E-state index contributed by atoms with van der Waals surface area (Å²) >= 11 is 16.1. The van der Waals surface area contributed by atoms with Crippen molar-refractivity contribution in [1.82, 2.24) is 10.4 Å². The Balaban J connectivity index is 1.50. The molecule has 1 fully saturated rings. The van der Waals surface area contributed by atoms with Crippen LogP contribution < -0.4 is 14.9 Å². The first-order chi connectivity index (χ1) is 17.9. The summed E-state index contributed by atoms with van der Waals surface area (Å²) in [5.41, 5.74) is 4.68. The van der Waals surface area contributed by atoms with Crippen molar-refractivity contribution in [3.63, 3.8) is 0 Å². The summed E-state index contributed by atoms with van der Waals surface area (Å²) < 4.78 is 12.8. The maximum Gasteiger partial charge on any atom is 0.285 e. The molecule has 0 aromatic heterocycles. The summed E-state index contributed by atoms with van der Waals surface area (Å²) in [6, 6.07) is 20.3. The van der Waals surface area contributed by atoms with Gasteiger partial charge in [0.25, 0.3) is 11.8 Å². The highest BCUT2D eigenvalue weighted by atomic mass is 79.9. The van der Waals surface area contributed by atoms with Gasteiger partial charge in [0.05, 0.1) is 33.2 Å². The molecule has 1 N–H and O–H groups in total. The van der Waals surface area contributed by atoms with E-state index in [0.717, 1.165) is 23.2 Å². The summed E-state index contributed by atoms with van der Waals surface area (Å²) in [7, 11) is 0. The molecule has 1 aliphatic heterocycles. The maximum absolute atomic E-state index is 13.0. The molecule has 0 saturated carbocycles. The number of nitrogens with zero attached hydrogens (tertiary/aromatic N) is 1. The van der Waals surface area contributed by atoms with Crippen molar-refractivity contribution in [2.75, 3.05) is 13.2 Å². The first kappa shape index (κ1) is 27.2. The Hall–Kier alpha value is -2.85. The normalized spacial score (nSPS) is 14.2. The molecule has 1 saturated heterocycles. The first-order valence-electron chi connectivity index (χ1n) is 11.3. The Morgan fingerprint density at radius 1 is 1.14 bits per heavy atom. The lowest BCUT2D eigenvalue weighted by atomic mass is 10.1. The van der Waals surface area contributed by atoms with Gasteiger partial charge in [0.15, 0.2) is 15.8 Å². The molecule has 1 heterocycles. The van der Waals surface area contributed by atoms with E-state index in [1.54, 1.807) is 36.4 Å². The lowest BCUT2D eigenvalue weighted by Gasteiger charge is -2.16. The third kappa shape index (κ3) is 6.73. The van der Waals surface area contributed by atoms with E-state index in [1.807, 2.05) is 31.2 Å². The van der Waals surface area contributed by atoms with Gasteiger partial charge < -0.3 is 9.47 Å². The monoisotopic (exact) mass is 616 g/mol. The van der Waals surface area contributed by atoms with Crippen LogP contribution in [0.1, 0.15) is 28.4 Å². The fourth-order valence-corrected chi connectivity index (χ4v) is 5.49. The van der Waals surface area contributed by atoms with Crippen LogP contribution in [-0.4, -0.2) is 34.4 Å². The molecule has 0 radical (unpaired) electrons. The minimum atomic E-state index is -0.526. The average Bonchev–Trinajstić information content (AvgIpc) is 3.14. The van der Waals surface area contributed by atoms with Crippen molar-refractivity contribution >= 4 is 73.7 Å². The molecule has 190 valence electrons. The van der Waals surface area contributed by atoms with Crippen LogP contribution in [0.5, 0.6) is 11.5 Å². The standard InChI is InChI=1S/C27H22BrClN2O4S2/c1-2-34-22-15-18(14-20(28)24(22)35-13-12-17-8-4-3-5-9-17)16-23-26(33)31(27(36)37-23)30-25(32)19-10-6-7-11-21(19)29/h3-11,14-16H,2,12-13H2,1H3,(H,30,32)/b23-16-. The average molecular weight is 618 g/mol. The number of carbonyl (C=O) groups excluding carboxylic acids is 2. The lowest BCUT2D eigenvalue weighted by Crippen LogP contribution is -2.44. The van der Waals surface area contributed by atoms with Gasteiger partial charge in [-0.2, -0.15) is 5.01 Å². The molecule has 0 atom stereocenters. The minimum Gasteiger partial charge on any atom is -0.490 e. The SMILES string of the molecule is CCOc1cc(/C=C2\SC(=S)N(NC(=O)c3ccccc3Cl)C2=O)cc(Br)c1OCCc1ccccc1. The molecule has 3 aromatic carbocycles. The van der Waals surface area contributed by atoms with Gasteiger partial charge in [0, 0.05) is 6.42 Å². The lowest BCUT2D eigenvalue weighted by molar-refractivity contribution is -0.123. The van der Waals surface area contributed by atoms with Crippen LogP contribution in [0.3, 0.4) is 0 Å². The van der Waals surface area contributed by atoms with Gasteiger partial charge in [-0.3, -0.25) is 15.0 Å². The molecule has 0 spiro atoms. The summed E-state index contributed by atoms with van der Waals surface area (Å²) in [6.45, 7) is 2.81. The van der Waals surface area contributed by atoms with E-state index in [1.165, 1.54) is 5.56 Å². The Bertz CT molecular complexity index is 1370. The van der Waals surface area contributed by atoms with E-state index in [0.29, 0.717) is 39.7 Å². The number of halogens is 2. The Morgan fingerprint density at radius 3 is 2.59 bits per heavy atom. The van der Waals surface area contributed by atoms with Crippen LogP contribution in [0.2, 0.25) is 5.02 Å². The predicted molar refractivity (Wildman–Crippen MR) is 155 cm³/mol. The van der Waals surface area contributed by atoms with E-state index >= 15 is 0 Å². The van der Waals surface area contributed by atoms with Crippen molar-refractivity contribution in [2.45, 2.75) is 13.3 Å². The molecule has 2 amide bonds. The Labute approximate surface area is 238 Å². The molecule has 10 heteroatoms. The second-order valence-electron chi connectivity index (χ2n) is 7.78. The number of ether oxygens (including phenoxy) is 2. The maximum atomic E-state index is 13.0.